The second-order valence-corrected chi connectivity index (χ2v) is 7.46. The summed E-state index contributed by atoms with van der Waals surface area (Å²) < 4.78 is 40.2. The van der Waals surface area contributed by atoms with E-state index in [2.05, 4.69) is 0 Å². The number of hydrogen-bond acceptors (Lipinski definition) is 3. The summed E-state index contributed by atoms with van der Waals surface area (Å²) in [5.41, 5.74) is 0. The molecule has 21 heavy (non-hydrogen) atoms. The highest BCUT2D eigenvalue weighted by Gasteiger charge is 2.35. The molecule has 114 valence electrons. The molecule has 2 rings (SSSR count). The molecule has 0 aromatic heterocycles. The van der Waals surface area contributed by atoms with Crippen LogP contribution in [-0.4, -0.2) is 25.3 Å². The van der Waals surface area contributed by atoms with Gasteiger partial charge in [-0.15, -0.1) is 0 Å². The van der Waals surface area contributed by atoms with Gasteiger partial charge < -0.3 is 0 Å². The van der Waals surface area contributed by atoms with Crippen molar-refractivity contribution in [1.29, 1.82) is 5.26 Å². The van der Waals surface area contributed by atoms with E-state index >= 15 is 0 Å². The Morgan fingerprint density at radius 3 is 2.52 bits per heavy atom. The Bertz CT molecular complexity index is 682. The largest absolute Gasteiger partial charge is 0.245 e. The SMILES string of the molecule is N#CCN(C1CCCC1)S(=O)(=O)c1ccc(Cl)c(F)c1Cl. The number of nitriles is 1. The lowest BCUT2D eigenvalue weighted by Gasteiger charge is -2.26. The zero-order valence-corrected chi connectivity index (χ0v) is 13.3. The Kier molecular flexibility index (Phi) is 5.10. The van der Waals surface area contributed by atoms with Crippen molar-refractivity contribution < 1.29 is 12.8 Å². The summed E-state index contributed by atoms with van der Waals surface area (Å²) >= 11 is 11.4. The monoisotopic (exact) mass is 350 g/mol. The minimum absolute atomic E-state index is 0.244. The molecule has 1 aromatic rings. The summed E-state index contributed by atoms with van der Waals surface area (Å²) in [6.45, 7) is -0.284. The van der Waals surface area contributed by atoms with Gasteiger partial charge in [0.05, 0.1) is 16.1 Å². The van der Waals surface area contributed by atoms with Gasteiger partial charge in [-0.1, -0.05) is 36.0 Å². The molecular weight excluding hydrogens is 338 g/mol. The highest BCUT2D eigenvalue weighted by atomic mass is 35.5. The zero-order chi connectivity index (χ0) is 15.6. The topological polar surface area (TPSA) is 61.2 Å². The number of nitrogens with zero attached hydrogens (tertiary/aromatic N) is 2. The van der Waals surface area contributed by atoms with E-state index in [9.17, 15) is 12.8 Å². The molecule has 0 N–H and O–H groups in total. The van der Waals surface area contributed by atoms with Crippen LogP contribution in [0.15, 0.2) is 17.0 Å². The van der Waals surface area contributed by atoms with E-state index in [0.717, 1.165) is 23.2 Å². The van der Waals surface area contributed by atoms with Gasteiger partial charge in [-0.25, -0.2) is 12.8 Å². The summed E-state index contributed by atoms with van der Waals surface area (Å²) in [7, 11) is -4.04. The summed E-state index contributed by atoms with van der Waals surface area (Å²) in [6.07, 6.45) is 3.19. The van der Waals surface area contributed by atoms with Gasteiger partial charge >= 0.3 is 0 Å². The van der Waals surface area contributed by atoms with Crippen molar-refractivity contribution in [2.75, 3.05) is 6.54 Å². The fourth-order valence-electron chi connectivity index (χ4n) is 2.51. The first-order valence-electron chi connectivity index (χ1n) is 6.42. The maximum Gasteiger partial charge on any atom is 0.245 e. The normalized spacial score (nSPS) is 16.3. The van der Waals surface area contributed by atoms with Gasteiger partial charge in [0.2, 0.25) is 10.0 Å². The third-order valence-electron chi connectivity index (χ3n) is 3.54. The van der Waals surface area contributed by atoms with Gasteiger partial charge in [-0.3, -0.25) is 0 Å². The van der Waals surface area contributed by atoms with Gasteiger partial charge in [0, 0.05) is 6.04 Å². The molecule has 0 atom stereocenters. The third kappa shape index (κ3) is 3.16. The molecule has 1 saturated carbocycles. The molecule has 0 bridgehead atoms. The Labute approximate surface area is 133 Å². The number of sulfonamides is 1. The first-order valence-corrected chi connectivity index (χ1v) is 8.61. The first kappa shape index (κ1) is 16.5. The standard InChI is InChI=1S/C13H13Cl2FN2O2S/c14-10-5-6-11(12(15)13(10)16)21(19,20)18(8-7-17)9-3-1-2-4-9/h5-6,9H,1-4,8H2. The first-order chi connectivity index (χ1) is 9.89. The van der Waals surface area contributed by atoms with Crippen LogP contribution in [0.3, 0.4) is 0 Å². The van der Waals surface area contributed by atoms with E-state index < -0.39 is 20.9 Å². The number of rotatable bonds is 4. The minimum Gasteiger partial charge on any atom is -0.207 e. The maximum atomic E-state index is 13.7. The van der Waals surface area contributed by atoms with Crippen molar-refractivity contribution in [2.24, 2.45) is 0 Å². The Hall–Kier alpha value is -0.870. The van der Waals surface area contributed by atoms with Crippen LogP contribution in [0.4, 0.5) is 4.39 Å². The van der Waals surface area contributed by atoms with Crippen molar-refractivity contribution >= 4 is 33.2 Å². The molecule has 1 fully saturated rings. The van der Waals surface area contributed by atoms with Gasteiger partial charge in [-0.05, 0) is 25.0 Å². The quantitative estimate of drug-likeness (QED) is 0.615. The predicted octanol–water partition coefficient (Wildman–Crippen LogP) is 3.59. The lowest BCUT2D eigenvalue weighted by atomic mass is 10.2. The van der Waals surface area contributed by atoms with Crippen LogP contribution < -0.4 is 0 Å². The molecule has 1 aromatic carbocycles. The smallest absolute Gasteiger partial charge is 0.207 e. The number of hydrogen-bond donors (Lipinski definition) is 0. The fraction of sp³-hybridized carbons (Fsp3) is 0.462. The molecule has 0 aliphatic heterocycles. The molecule has 0 heterocycles. The minimum atomic E-state index is -4.04. The maximum absolute atomic E-state index is 13.7. The predicted molar refractivity (Wildman–Crippen MR) is 78.2 cm³/mol. The van der Waals surface area contributed by atoms with E-state index in [-0.39, 0.29) is 22.5 Å². The molecule has 0 spiro atoms. The molecule has 8 heteroatoms. The van der Waals surface area contributed by atoms with Gasteiger partial charge in [0.1, 0.15) is 11.4 Å². The van der Waals surface area contributed by atoms with Crippen LogP contribution >= 0.6 is 23.2 Å². The van der Waals surface area contributed by atoms with Crippen LogP contribution in [0.2, 0.25) is 10.0 Å². The Balaban J connectivity index is 2.48. The van der Waals surface area contributed by atoms with Crippen molar-refractivity contribution in [2.45, 2.75) is 36.6 Å². The van der Waals surface area contributed by atoms with Gasteiger partial charge in [0.25, 0.3) is 0 Å². The Morgan fingerprint density at radius 1 is 1.33 bits per heavy atom. The number of halogens is 3. The lowest BCUT2D eigenvalue weighted by molar-refractivity contribution is 0.350. The molecule has 4 nitrogen and oxygen atoms in total. The van der Waals surface area contributed by atoms with Crippen LogP contribution in [0.25, 0.3) is 0 Å². The van der Waals surface area contributed by atoms with Crippen molar-refractivity contribution in [3.63, 3.8) is 0 Å². The molecule has 1 aliphatic carbocycles. The van der Waals surface area contributed by atoms with Crippen molar-refractivity contribution in [3.05, 3.63) is 28.0 Å². The van der Waals surface area contributed by atoms with Crippen LogP contribution in [-0.2, 0) is 10.0 Å². The average molecular weight is 351 g/mol. The van der Waals surface area contributed by atoms with E-state index in [1.807, 2.05) is 6.07 Å². The van der Waals surface area contributed by atoms with Crippen LogP contribution in [0, 0.1) is 17.1 Å². The van der Waals surface area contributed by atoms with E-state index in [1.54, 1.807) is 0 Å². The van der Waals surface area contributed by atoms with E-state index in [1.165, 1.54) is 6.07 Å². The van der Waals surface area contributed by atoms with Gasteiger partial charge in [-0.2, -0.15) is 9.57 Å². The van der Waals surface area contributed by atoms with E-state index in [0.29, 0.717) is 12.8 Å². The second kappa shape index (κ2) is 6.49. The lowest BCUT2D eigenvalue weighted by Crippen LogP contribution is -2.39. The molecule has 0 amide bonds. The summed E-state index contributed by atoms with van der Waals surface area (Å²) in [5.74, 6) is -0.970. The van der Waals surface area contributed by atoms with Crippen molar-refractivity contribution in [3.8, 4) is 6.07 Å². The summed E-state index contributed by atoms with van der Waals surface area (Å²) in [4.78, 5) is -0.354. The zero-order valence-electron chi connectivity index (χ0n) is 11.0. The molecule has 0 unspecified atom stereocenters. The fourth-order valence-corrected chi connectivity index (χ4v) is 4.81. The highest BCUT2D eigenvalue weighted by Crippen LogP contribution is 2.34. The summed E-state index contributed by atoms with van der Waals surface area (Å²) in [5, 5.41) is 8.11. The van der Waals surface area contributed by atoms with E-state index in [4.69, 9.17) is 28.5 Å². The highest BCUT2D eigenvalue weighted by molar-refractivity contribution is 7.89. The Morgan fingerprint density at radius 2 is 1.95 bits per heavy atom. The van der Waals surface area contributed by atoms with Crippen LogP contribution in [0.5, 0.6) is 0 Å². The summed E-state index contributed by atoms with van der Waals surface area (Å²) in [6, 6.07) is 3.92. The number of benzene rings is 1. The van der Waals surface area contributed by atoms with Crippen LogP contribution in [0.1, 0.15) is 25.7 Å². The molecule has 0 radical (unpaired) electrons. The van der Waals surface area contributed by atoms with Gasteiger partial charge in [0.15, 0.2) is 5.82 Å². The average Bonchev–Trinajstić information content (AvgIpc) is 2.95. The third-order valence-corrected chi connectivity index (χ3v) is 6.26. The van der Waals surface area contributed by atoms with Crippen molar-refractivity contribution in [1.82, 2.24) is 4.31 Å². The molecular formula is C13H13Cl2FN2O2S. The second-order valence-electron chi connectivity index (χ2n) is 4.82. The molecule has 0 saturated heterocycles. The molecule has 1 aliphatic rings.